The van der Waals surface area contributed by atoms with Crippen LogP contribution < -0.4 is 5.32 Å². The number of carbonyl (C=O) groups is 2. The van der Waals surface area contributed by atoms with Crippen LogP contribution in [0.2, 0.25) is 0 Å². The summed E-state index contributed by atoms with van der Waals surface area (Å²) in [4.78, 5) is 30.7. The molecule has 23 heavy (non-hydrogen) atoms. The third-order valence-electron chi connectivity index (χ3n) is 3.46. The van der Waals surface area contributed by atoms with Gasteiger partial charge in [-0.15, -0.1) is 11.8 Å². The van der Waals surface area contributed by atoms with Crippen LogP contribution in [0.25, 0.3) is 0 Å². The molecule has 0 spiro atoms. The monoisotopic (exact) mass is 340 g/mol. The lowest BCUT2D eigenvalue weighted by Gasteiger charge is -2.27. The van der Waals surface area contributed by atoms with Gasteiger partial charge in [-0.25, -0.2) is 0 Å². The van der Waals surface area contributed by atoms with Crippen LogP contribution in [0.5, 0.6) is 0 Å². The molecule has 1 aliphatic rings. The van der Waals surface area contributed by atoms with Crippen LogP contribution in [0.3, 0.4) is 0 Å². The van der Waals surface area contributed by atoms with Gasteiger partial charge in [0.2, 0.25) is 17.7 Å². The zero-order valence-electron chi connectivity index (χ0n) is 14.3. The summed E-state index contributed by atoms with van der Waals surface area (Å²) in [5, 5.41) is 6.58. The van der Waals surface area contributed by atoms with Crippen molar-refractivity contribution in [1.29, 1.82) is 0 Å². The third kappa shape index (κ3) is 4.70. The van der Waals surface area contributed by atoms with Gasteiger partial charge in [-0.3, -0.25) is 9.59 Å². The Bertz CT molecular complexity index is 582. The molecular formula is C15H24N4O3S. The molecule has 0 unspecified atom stereocenters. The first-order valence-corrected chi connectivity index (χ1v) is 8.80. The molecule has 1 aromatic heterocycles. The molecule has 0 aliphatic carbocycles. The fraction of sp³-hybridized carbons (Fsp3) is 0.733. The largest absolute Gasteiger partial charge is 0.343 e. The maximum atomic E-state index is 12.5. The van der Waals surface area contributed by atoms with Crippen LogP contribution in [0, 0.1) is 12.3 Å². The predicted molar refractivity (Wildman–Crippen MR) is 87.6 cm³/mol. The first kappa shape index (κ1) is 17.8. The summed E-state index contributed by atoms with van der Waals surface area (Å²) in [7, 11) is 0. The Balaban J connectivity index is 1.99. The Hall–Kier alpha value is -1.57. The summed E-state index contributed by atoms with van der Waals surface area (Å²) in [5.74, 6) is 1.90. The number of aromatic nitrogens is 2. The fourth-order valence-electron chi connectivity index (χ4n) is 2.32. The molecule has 1 aromatic rings. The van der Waals surface area contributed by atoms with Crippen molar-refractivity contribution in [1.82, 2.24) is 20.4 Å². The van der Waals surface area contributed by atoms with Crippen LogP contribution >= 0.6 is 11.8 Å². The van der Waals surface area contributed by atoms with Crippen molar-refractivity contribution in [2.24, 2.45) is 5.41 Å². The molecule has 128 valence electrons. The number of thioether (sulfide) groups is 1. The molecule has 8 heteroatoms. The van der Waals surface area contributed by atoms with Gasteiger partial charge >= 0.3 is 0 Å². The lowest BCUT2D eigenvalue weighted by Crippen LogP contribution is -2.48. The summed E-state index contributed by atoms with van der Waals surface area (Å²) < 4.78 is 5.07. The second-order valence-corrected chi connectivity index (χ2v) is 8.03. The summed E-state index contributed by atoms with van der Waals surface area (Å²) in [6.45, 7) is 9.56. The number of amides is 2. The Morgan fingerprint density at radius 3 is 2.74 bits per heavy atom. The zero-order chi connectivity index (χ0) is 17.2. The molecule has 7 nitrogen and oxygen atoms in total. The summed E-state index contributed by atoms with van der Waals surface area (Å²) in [6.07, 6.45) is 0.426. The predicted octanol–water partition coefficient (Wildman–Crippen LogP) is 1.89. The highest BCUT2D eigenvalue weighted by Gasteiger charge is 2.36. The van der Waals surface area contributed by atoms with Gasteiger partial charge in [0.05, 0.1) is 5.88 Å². The number of hydrogen-bond acceptors (Lipinski definition) is 6. The van der Waals surface area contributed by atoms with E-state index in [1.165, 1.54) is 0 Å². The quantitative estimate of drug-likeness (QED) is 0.900. The average Bonchev–Trinajstić information content (AvgIpc) is 3.04. The van der Waals surface area contributed by atoms with E-state index >= 15 is 0 Å². The van der Waals surface area contributed by atoms with E-state index in [1.807, 2.05) is 20.8 Å². The Morgan fingerprint density at radius 1 is 1.48 bits per heavy atom. The van der Waals surface area contributed by atoms with Crippen molar-refractivity contribution >= 4 is 23.6 Å². The zero-order valence-corrected chi connectivity index (χ0v) is 15.1. The third-order valence-corrected chi connectivity index (χ3v) is 4.47. The van der Waals surface area contributed by atoms with Crippen molar-refractivity contribution < 1.29 is 14.1 Å². The summed E-state index contributed by atoms with van der Waals surface area (Å²) in [6, 6.07) is -0.824. The van der Waals surface area contributed by atoms with E-state index in [0.717, 1.165) is 0 Å². The number of rotatable bonds is 4. The van der Waals surface area contributed by atoms with Crippen LogP contribution in [0.4, 0.5) is 0 Å². The molecule has 2 heterocycles. The van der Waals surface area contributed by atoms with Crippen LogP contribution in [-0.2, 0) is 9.59 Å². The van der Waals surface area contributed by atoms with Crippen molar-refractivity contribution in [3.63, 3.8) is 0 Å². The standard InChI is InChI=1S/C15H24N4O3S/c1-9(14-17-10(2)18-22-14)16-13(21)11-7-23-8-19(11)12(20)6-15(3,4)5/h9,11H,6-8H2,1-5H3,(H,16,21)/t9-,11+/m1/s1. The minimum absolute atomic E-state index is 0.0175. The lowest BCUT2D eigenvalue weighted by molar-refractivity contribution is -0.139. The van der Waals surface area contributed by atoms with Gasteiger partial charge in [-0.1, -0.05) is 25.9 Å². The molecule has 0 saturated carbocycles. The van der Waals surface area contributed by atoms with E-state index in [0.29, 0.717) is 29.8 Å². The maximum Gasteiger partial charge on any atom is 0.248 e. The van der Waals surface area contributed by atoms with Gasteiger partial charge in [-0.2, -0.15) is 4.98 Å². The Morgan fingerprint density at radius 2 is 2.17 bits per heavy atom. The van der Waals surface area contributed by atoms with E-state index in [1.54, 1.807) is 30.5 Å². The smallest absolute Gasteiger partial charge is 0.248 e. The number of hydrogen-bond donors (Lipinski definition) is 1. The van der Waals surface area contributed by atoms with E-state index < -0.39 is 6.04 Å². The van der Waals surface area contributed by atoms with Crippen LogP contribution in [0.15, 0.2) is 4.52 Å². The van der Waals surface area contributed by atoms with Gasteiger partial charge in [0, 0.05) is 12.2 Å². The lowest BCUT2D eigenvalue weighted by atomic mass is 9.91. The van der Waals surface area contributed by atoms with E-state index in [4.69, 9.17) is 4.52 Å². The second-order valence-electron chi connectivity index (χ2n) is 7.03. The molecule has 1 fully saturated rings. The first-order chi connectivity index (χ1) is 10.7. The topological polar surface area (TPSA) is 88.3 Å². The fourth-order valence-corrected chi connectivity index (χ4v) is 3.50. The Labute approximate surface area is 140 Å². The van der Waals surface area contributed by atoms with E-state index in [9.17, 15) is 9.59 Å². The average molecular weight is 340 g/mol. The highest BCUT2D eigenvalue weighted by atomic mass is 32.2. The number of nitrogens with one attached hydrogen (secondary N) is 1. The number of aryl methyl sites for hydroxylation is 1. The molecule has 0 radical (unpaired) electrons. The molecule has 2 rings (SSSR count). The molecule has 2 amide bonds. The summed E-state index contributed by atoms with van der Waals surface area (Å²) >= 11 is 1.59. The van der Waals surface area contributed by atoms with E-state index in [-0.39, 0.29) is 23.3 Å². The van der Waals surface area contributed by atoms with Crippen molar-refractivity contribution in [3.8, 4) is 0 Å². The number of nitrogens with zero attached hydrogens (tertiary/aromatic N) is 3. The second kappa shape index (κ2) is 6.90. The molecule has 2 atom stereocenters. The van der Waals surface area contributed by atoms with Crippen molar-refractivity contribution in [2.45, 2.75) is 53.1 Å². The normalized spacial score (nSPS) is 19.7. The molecule has 1 aliphatic heterocycles. The van der Waals surface area contributed by atoms with Gasteiger partial charge in [0.15, 0.2) is 5.82 Å². The molecule has 0 bridgehead atoms. The van der Waals surface area contributed by atoms with Crippen molar-refractivity contribution in [2.75, 3.05) is 11.6 Å². The van der Waals surface area contributed by atoms with Gasteiger partial charge in [-0.05, 0) is 19.3 Å². The van der Waals surface area contributed by atoms with Crippen molar-refractivity contribution in [3.05, 3.63) is 11.7 Å². The Kier molecular flexibility index (Phi) is 5.33. The van der Waals surface area contributed by atoms with Gasteiger partial charge in [0.1, 0.15) is 12.1 Å². The minimum atomic E-state index is -0.443. The highest BCUT2D eigenvalue weighted by Crippen LogP contribution is 2.27. The maximum absolute atomic E-state index is 12.5. The first-order valence-electron chi connectivity index (χ1n) is 7.65. The molecule has 1 saturated heterocycles. The molecule has 1 N–H and O–H groups in total. The van der Waals surface area contributed by atoms with Gasteiger partial charge in [0.25, 0.3) is 0 Å². The summed E-state index contributed by atoms with van der Waals surface area (Å²) in [5.41, 5.74) is -0.0973. The van der Waals surface area contributed by atoms with Crippen LogP contribution in [-0.4, -0.2) is 44.5 Å². The highest BCUT2D eigenvalue weighted by molar-refractivity contribution is 7.99. The van der Waals surface area contributed by atoms with E-state index in [2.05, 4.69) is 15.5 Å². The molecular weight excluding hydrogens is 316 g/mol. The van der Waals surface area contributed by atoms with Gasteiger partial charge < -0.3 is 14.7 Å². The SMILES string of the molecule is Cc1noc([C@@H](C)NC(=O)[C@@H]2CSCN2C(=O)CC(C)(C)C)n1. The minimum Gasteiger partial charge on any atom is -0.343 e. The molecule has 0 aromatic carbocycles. The van der Waals surface area contributed by atoms with Crippen LogP contribution in [0.1, 0.15) is 51.9 Å². The number of carbonyl (C=O) groups excluding carboxylic acids is 2.